The van der Waals surface area contributed by atoms with Crippen LogP contribution in [0.15, 0.2) is 12.2 Å². The molecule has 0 saturated carbocycles. The summed E-state index contributed by atoms with van der Waals surface area (Å²) in [5.74, 6) is 0.882. The summed E-state index contributed by atoms with van der Waals surface area (Å²) in [6, 6.07) is 0. The van der Waals surface area contributed by atoms with Gasteiger partial charge < -0.3 is 5.32 Å². The van der Waals surface area contributed by atoms with Crippen molar-refractivity contribution in [1.29, 1.82) is 0 Å². The molecule has 1 rings (SSSR count). The van der Waals surface area contributed by atoms with E-state index in [9.17, 15) is 0 Å². The molecule has 1 nitrogen and oxygen atoms in total. The molecule has 0 radical (unpaired) electrons. The molecule has 14 heavy (non-hydrogen) atoms. The lowest BCUT2D eigenvalue weighted by Crippen LogP contribution is -2.32. The second-order valence-electron chi connectivity index (χ2n) is 5.30. The van der Waals surface area contributed by atoms with Gasteiger partial charge in [-0.2, -0.15) is 0 Å². The van der Waals surface area contributed by atoms with E-state index in [4.69, 9.17) is 0 Å². The van der Waals surface area contributed by atoms with Crippen molar-refractivity contribution in [2.75, 3.05) is 13.1 Å². The number of rotatable bonds is 5. The van der Waals surface area contributed by atoms with Gasteiger partial charge in [0.1, 0.15) is 0 Å². The van der Waals surface area contributed by atoms with Crippen molar-refractivity contribution >= 4 is 0 Å². The van der Waals surface area contributed by atoms with Crippen molar-refractivity contribution in [2.24, 2.45) is 11.3 Å². The van der Waals surface area contributed by atoms with Gasteiger partial charge in [0.2, 0.25) is 0 Å². The van der Waals surface area contributed by atoms with Crippen LogP contribution in [0.4, 0.5) is 0 Å². The fraction of sp³-hybridized carbons (Fsp3) is 0.846. The molecule has 0 aromatic carbocycles. The lowest BCUT2D eigenvalue weighted by Gasteiger charge is -2.25. The topological polar surface area (TPSA) is 12.0 Å². The minimum atomic E-state index is 0.463. The molecule has 1 heteroatoms. The fourth-order valence-corrected chi connectivity index (χ4v) is 1.78. The number of nitrogens with one attached hydrogen (secondary N) is 1. The zero-order chi connectivity index (χ0) is 10.4. The first-order valence-electron chi connectivity index (χ1n) is 6.00. The van der Waals surface area contributed by atoms with E-state index in [1.165, 1.54) is 32.2 Å². The van der Waals surface area contributed by atoms with E-state index < -0.39 is 0 Å². The van der Waals surface area contributed by atoms with Crippen LogP contribution in [0.5, 0.6) is 0 Å². The lowest BCUT2D eigenvalue weighted by molar-refractivity contribution is 0.311. The normalized spacial score (nSPS) is 22.6. The largest absolute Gasteiger partial charge is 0.316 e. The fourth-order valence-electron chi connectivity index (χ4n) is 1.78. The molecule has 0 bridgehead atoms. The maximum atomic E-state index is 3.61. The van der Waals surface area contributed by atoms with Gasteiger partial charge in [-0.05, 0) is 43.6 Å². The van der Waals surface area contributed by atoms with Crippen LogP contribution in [0.2, 0.25) is 0 Å². The van der Waals surface area contributed by atoms with Gasteiger partial charge in [0.15, 0.2) is 0 Å². The summed E-state index contributed by atoms with van der Waals surface area (Å²) in [5, 5.41) is 3.61. The Morgan fingerprint density at radius 1 is 1.36 bits per heavy atom. The van der Waals surface area contributed by atoms with E-state index in [2.05, 4.69) is 38.2 Å². The maximum absolute atomic E-state index is 3.61. The summed E-state index contributed by atoms with van der Waals surface area (Å²) in [5.41, 5.74) is 0.463. The minimum Gasteiger partial charge on any atom is -0.316 e. The molecule has 0 aliphatic heterocycles. The highest BCUT2D eigenvalue weighted by molar-refractivity contribution is 4.90. The average molecular weight is 195 g/mol. The smallest absolute Gasteiger partial charge is 0.000253 e. The molecule has 0 spiro atoms. The highest BCUT2D eigenvalue weighted by atomic mass is 14.9. The first-order valence-corrected chi connectivity index (χ1v) is 6.00. The molecular formula is C13H25N. The predicted octanol–water partition coefficient (Wildman–Crippen LogP) is 3.37. The van der Waals surface area contributed by atoms with Crippen LogP contribution < -0.4 is 5.32 Å². The van der Waals surface area contributed by atoms with E-state index in [0.29, 0.717) is 5.41 Å². The summed E-state index contributed by atoms with van der Waals surface area (Å²) >= 11 is 0. The van der Waals surface area contributed by atoms with E-state index in [1.54, 1.807) is 0 Å². The van der Waals surface area contributed by atoms with Crippen molar-refractivity contribution in [3.8, 4) is 0 Å². The zero-order valence-corrected chi connectivity index (χ0v) is 9.97. The molecule has 0 aromatic heterocycles. The molecule has 1 N–H and O–H groups in total. The van der Waals surface area contributed by atoms with Crippen LogP contribution in [0.1, 0.15) is 46.5 Å². The molecule has 0 fully saturated rings. The first kappa shape index (κ1) is 11.8. The molecule has 1 atom stereocenters. The molecule has 0 amide bonds. The SMILES string of the molecule is CCC(C)(C)CNCC1CC=CCC1. The third-order valence-corrected chi connectivity index (χ3v) is 3.37. The Morgan fingerprint density at radius 2 is 2.14 bits per heavy atom. The van der Waals surface area contributed by atoms with E-state index in [0.717, 1.165) is 12.5 Å². The third-order valence-electron chi connectivity index (χ3n) is 3.37. The van der Waals surface area contributed by atoms with Gasteiger partial charge in [0.05, 0.1) is 0 Å². The molecule has 0 heterocycles. The second kappa shape index (κ2) is 5.55. The monoisotopic (exact) mass is 195 g/mol. The van der Waals surface area contributed by atoms with Gasteiger partial charge in [0.25, 0.3) is 0 Å². The quantitative estimate of drug-likeness (QED) is 0.663. The van der Waals surface area contributed by atoms with Crippen molar-refractivity contribution in [3.63, 3.8) is 0 Å². The van der Waals surface area contributed by atoms with Crippen LogP contribution in [0, 0.1) is 11.3 Å². The van der Waals surface area contributed by atoms with E-state index >= 15 is 0 Å². The Kier molecular flexibility index (Phi) is 4.67. The summed E-state index contributed by atoms with van der Waals surface area (Å²) in [6.07, 6.45) is 9.83. The Balaban J connectivity index is 2.11. The van der Waals surface area contributed by atoms with Crippen LogP contribution in [-0.4, -0.2) is 13.1 Å². The van der Waals surface area contributed by atoms with Gasteiger partial charge in [-0.15, -0.1) is 0 Å². The zero-order valence-electron chi connectivity index (χ0n) is 9.97. The van der Waals surface area contributed by atoms with Crippen molar-refractivity contribution < 1.29 is 0 Å². The number of hydrogen-bond acceptors (Lipinski definition) is 1. The standard InChI is InChI=1S/C13H25N/c1-4-13(2,3)11-14-10-12-8-6-5-7-9-12/h5-6,12,14H,4,7-11H2,1-3H3. The molecule has 1 aliphatic carbocycles. The molecule has 0 saturated heterocycles. The van der Waals surface area contributed by atoms with Crippen molar-refractivity contribution in [1.82, 2.24) is 5.32 Å². The summed E-state index contributed by atoms with van der Waals surface area (Å²) in [4.78, 5) is 0. The Labute approximate surface area is 89.0 Å². The number of allylic oxidation sites excluding steroid dienone is 2. The molecule has 1 aliphatic rings. The highest BCUT2D eigenvalue weighted by Crippen LogP contribution is 2.20. The predicted molar refractivity (Wildman–Crippen MR) is 63.4 cm³/mol. The molecular weight excluding hydrogens is 170 g/mol. The lowest BCUT2D eigenvalue weighted by atomic mass is 9.89. The van der Waals surface area contributed by atoms with Gasteiger partial charge in [0, 0.05) is 6.54 Å². The van der Waals surface area contributed by atoms with Crippen LogP contribution >= 0.6 is 0 Å². The summed E-state index contributed by atoms with van der Waals surface area (Å²) < 4.78 is 0. The number of hydrogen-bond donors (Lipinski definition) is 1. The van der Waals surface area contributed by atoms with E-state index in [1.807, 2.05) is 0 Å². The highest BCUT2D eigenvalue weighted by Gasteiger charge is 2.15. The van der Waals surface area contributed by atoms with Gasteiger partial charge >= 0.3 is 0 Å². The van der Waals surface area contributed by atoms with Gasteiger partial charge in [-0.25, -0.2) is 0 Å². The van der Waals surface area contributed by atoms with Crippen molar-refractivity contribution in [3.05, 3.63) is 12.2 Å². The summed E-state index contributed by atoms with van der Waals surface area (Å²) in [7, 11) is 0. The van der Waals surface area contributed by atoms with E-state index in [-0.39, 0.29) is 0 Å². The Bertz CT molecular complexity index is 182. The molecule has 0 aromatic rings. The van der Waals surface area contributed by atoms with Crippen LogP contribution in [-0.2, 0) is 0 Å². The average Bonchev–Trinajstić information content (AvgIpc) is 2.19. The first-order chi connectivity index (χ1) is 6.64. The van der Waals surface area contributed by atoms with Gasteiger partial charge in [-0.1, -0.05) is 32.9 Å². The van der Waals surface area contributed by atoms with Crippen molar-refractivity contribution in [2.45, 2.75) is 46.5 Å². The maximum Gasteiger partial charge on any atom is 0.000253 e. The Hall–Kier alpha value is -0.300. The molecule has 82 valence electrons. The summed E-state index contributed by atoms with van der Waals surface area (Å²) in [6.45, 7) is 9.30. The van der Waals surface area contributed by atoms with Gasteiger partial charge in [-0.3, -0.25) is 0 Å². The Morgan fingerprint density at radius 3 is 2.71 bits per heavy atom. The minimum absolute atomic E-state index is 0.463. The third kappa shape index (κ3) is 4.28. The van der Waals surface area contributed by atoms with Crippen LogP contribution in [0.25, 0.3) is 0 Å². The molecule has 1 unspecified atom stereocenters. The van der Waals surface area contributed by atoms with Crippen LogP contribution in [0.3, 0.4) is 0 Å². The second-order valence-corrected chi connectivity index (χ2v) is 5.30.